The maximum Gasteiger partial charge on any atom is 0.255 e. The van der Waals surface area contributed by atoms with Gasteiger partial charge in [-0.1, -0.05) is 78.4 Å². The third kappa shape index (κ3) is 4.21. The number of carbonyl (C=O) groups is 2. The lowest BCUT2D eigenvalue weighted by molar-refractivity contribution is -0.122. The summed E-state index contributed by atoms with van der Waals surface area (Å²) in [4.78, 5) is 27.6. The zero-order chi connectivity index (χ0) is 20.2. The summed E-state index contributed by atoms with van der Waals surface area (Å²) in [7, 11) is 0. The van der Waals surface area contributed by atoms with Crippen LogP contribution in [-0.4, -0.2) is 16.7 Å². The predicted molar refractivity (Wildman–Crippen MR) is 113 cm³/mol. The van der Waals surface area contributed by atoms with Gasteiger partial charge in [0.1, 0.15) is 0 Å². The zero-order valence-corrected chi connectivity index (χ0v) is 16.5. The molecule has 1 aliphatic rings. The number of hydrogen-bond donors (Lipinski definition) is 1. The van der Waals surface area contributed by atoms with Gasteiger partial charge in [0.15, 0.2) is 0 Å². The summed E-state index contributed by atoms with van der Waals surface area (Å²) < 4.78 is 0. The van der Waals surface area contributed by atoms with Crippen LogP contribution < -0.4 is 5.32 Å². The Morgan fingerprint density at radius 2 is 1.66 bits per heavy atom. The van der Waals surface area contributed by atoms with Gasteiger partial charge in [-0.25, -0.2) is 0 Å². The van der Waals surface area contributed by atoms with Gasteiger partial charge < -0.3 is 10.2 Å². The molecule has 0 saturated heterocycles. The number of rotatable bonds is 6. The summed E-state index contributed by atoms with van der Waals surface area (Å²) in [6.07, 6.45) is 0.232. The third-order valence-corrected chi connectivity index (χ3v) is 5.40. The minimum absolute atomic E-state index is 0.0120. The molecule has 29 heavy (non-hydrogen) atoms. The minimum Gasteiger partial charge on any atom is -0.352 e. The molecule has 1 N–H and O–H groups in total. The van der Waals surface area contributed by atoms with E-state index in [1.165, 1.54) is 0 Å². The molecule has 3 aromatic rings. The Kier molecular flexibility index (Phi) is 5.43. The Morgan fingerprint density at radius 3 is 2.38 bits per heavy atom. The van der Waals surface area contributed by atoms with Crippen molar-refractivity contribution in [1.82, 2.24) is 10.2 Å². The van der Waals surface area contributed by atoms with Gasteiger partial charge in [-0.15, -0.1) is 0 Å². The van der Waals surface area contributed by atoms with Crippen molar-refractivity contribution in [2.24, 2.45) is 0 Å². The standard InChI is InChI=1S/C25H24N2O2/c1-18-11-13-20(14-12-18)23(15-24(28)26-16-19-7-3-2-4-8-19)27-17-21-9-5-6-10-22(21)25(27)29/h2-14,23H,15-17H2,1H3,(H,26,28)/t23-/m1/s1. The van der Waals surface area contributed by atoms with Crippen LogP contribution in [0.25, 0.3) is 0 Å². The third-order valence-electron chi connectivity index (χ3n) is 5.40. The second kappa shape index (κ2) is 8.31. The maximum atomic E-state index is 13.0. The molecule has 4 nitrogen and oxygen atoms in total. The smallest absolute Gasteiger partial charge is 0.255 e. The Bertz CT molecular complexity index is 1010. The molecule has 0 aliphatic carbocycles. The summed E-state index contributed by atoms with van der Waals surface area (Å²) in [6, 6.07) is 25.3. The second-order valence-electron chi connectivity index (χ2n) is 7.48. The Hall–Kier alpha value is -3.40. The van der Waals surface area contributed by atoms with Crippen LogP contribution in [0, 0.1) is 6.92 Å². The first-order valence-electron chi connectivity index (χ1n) is 9.88. The van der Waals surface area contributed by atoms with Crippen molar-refractivity contribution in [1.29, 1.82) is 0 Å². The van der Waals surface area contributed by atoms with E-state index in [2.05, 4.69) is 5.32 Å². The molecular weight excluding hydrogens is 360 g/mol. The summed E-state index contributed by atoms with van der Waals surface area (Å²) in [5, 5.41) is 2.99. The van der Waals surface area contributed by atoms with Crippen LogP contribution in [-0.2, 0) is 17.9 Å². The second-order valence-corrected chi connectivity index (χ2v) is 7.48. The molecule has 1 atom stereocenters. The van der Waals surface area contributed by atoms with E-state index in [-0.39, 0.29) is 24.3 Å². The van der Waals surface area contributed by atoms with Gasteiger partial charge in [-0.3, -0.25) is 9.59 Å². The van der Waals surface area contributed by atoms with Gasteiger partial charge in [0, 0.05) is 18.7 Å². The van der Waals surface area contributed by atoms with Gasteiger partial charge >= 0.3 is 0 Å². The van der Waals surface area contributed by atoms with E-state index in [4.69, 9.17) is 0 Å². The first-order valence-corrected chi connectivity index (χ1v) is 9.88. The van der Waals surface area contributed by atoms with Crippen LogP contribution in [0.4, 0.5) is 0 Å². The number of carbonyl (C=O) groups excluding carboxylic acids is 2. The number of nitrogens with one attached hydrogen (secondary N) is 1. The van der Waals surface area contributed by atoms with Crippen LogP contribution in [0.3, 0.4) is 0 Å². The van der Waals surface area contributed by atoms with Crippen molar-refractivity contribution in [3.63, 3.8) is 0 Å². The molecule has 4 heteroatoms. The van der Waals surface area contributed by atoms with Crippen LogP contribution in [0.1, 0.15) is 45.1 Å². The highest BCUT2D eigenvalue weighted by Gasteiger charge is 2.34. The molecule has 1 aliphatic heterocycles. The van der Waals surface area contributed by atoms with E-state index in [0.29, 0.717) is 13.1 Å². The molecule has 4 rings (SSSR count). The number of aryl methyl sites for hydroxylation is 1. The largest absolute Gasteiger partial charge is 0.352 e. The highest BCUT2D eigenvalue weighted by atomic mass is 16.2. The summed E-state index contributed by atoms with van der Waals surface area (Å²) in [6.45, 7) is 3.04. The topological polar surface area (TPSA) is 49.4 Å². The molecule has 2 amide bonds. The molecule has 0 aromatic heterocycles. The lowest BCUT2D eigenvalue weighted by atomic mass is 10.00. The highest BCUT2D eigenvalue weighted by molar-refractivity contribution is 5.98. The highest BCUT2D eigenvalue weighted by Crippen LogP contribution is 2.33. The van der Waals surface area contributed by atoms with Crippen LogP contribution >= 0.6 is 0 Å². The number of fused-ring (bicyclic) bond motifs is 1. The monoisotopic (exact) mass is 384 g/mol. The van der Waals surface area contributed by atoms with Crippen LogP contribution in [0.2, 0.25) is 0 Å². The molecule has 0 spiro atoms. The van der Waals surface area contributed by atoms with Crippen molar-refractivity contribution < 1.29 is 9.59 Å². The average Bonchev–Trinajstić information content (AvgIpc) is 3.08. The molecule has 3 aromatic carbocycles. The van der Waals surface area contributed by atoms with E-state index in [0.717, 1.165) is 27.8 Å². The van der Waals surface area contributed by atoms with Crippen molar-refractivity contribution >= 4 is 11.8 Å². The fourth-order valence-electron chi connectivity index (χ4n) is 3.77. The quantitative estimate of drug-likeness (QED) is 0.685. The first kappa shape index (κ1) is 18.9. The van der Waals surface area contributed by atoms with Gasteiger partial charge in [0.25, 0.3) is 5.91 Å². The van der Waals surface area contributed by atoms with Crippen molar-refractivity contribution in [3.8, 4) is 0 Å². The van der Waals surface area contributed by atoms with E-state index >= 15 is 0 Å². The molecule has 0 radical (unpaired) electrons. The van der Waals surface area contributed by atoms with Gasteiger partial charge in [-0.2, -0.15) is 0 Å². The lowest BCUT2D eigenvalue weighted by Crippen LogP contribution is -2.34. The molecule has 1 heterocycles. The van der Waals surface area contributed by atoms with E-state index < -0.39 is 0 Å². The number of amides is 2. The SMILES string of the molecule is Cc1ccc([C@@H](CC(=O)NCc2ccccc2)N2Cc3ccccc3C2=O)cc1. The Labute approximate surface area is 171 Å². The van der Waals surface area contributed by atoms with Gasteiger partial charge in [0.2, 0.25) is 5.91 Å². The zero-order valence-electron chi connectivity index (χ0n) is 16.5. The number of benzene rings is 3. The Morgan fingerprint density at radius 1 is 0.966 bits per heavy atom. The molecule has 0 bridgehead atoms. The molecule has 146 valence electrons. The fourth-order valence-corrected chi connectivity index (χ4v) is 3.77. The van der Waals surface area contributed by atoms with E-state index in [1.807, 2.05) is 90.7 Å². The molecular formula is C25H24N2O2. The van der Waals surface area contributed by atoms with E-state index in [1.54, 1.807) is 0 Å². The van der Waals surface area contributed by atoms with E-state index in [9.17, 15) is 9.59 Å². The summed E-state index contributed by atoms with van der Waals surface area (Å²) >= 11 is 0. The van der Waals surface area contributed by atoms with Crippen LogP contribution in [0.5, 0.6) is 0 Å². The molecule has 0 saturated carbocycles. The predicted octanol–water partition coefficient (Wildman–Crippen LogP) is 4.40. The normalized spacial score (nSPS) is 13.8. The van der Waals surface area contributed by atoms with Crippen molar-refractivity contribution in [2.75, 3.05) is 0 Å². The lowest BCUT2D eigenvalue weighted by Gasteiger charge is -2.28. The summed E-state index contributed by atoms with van der Waals surface area (Å²) in [5.41, 5.74) is 4.93. The Balaban J connectivity index is 1.54. The van der Waals surface area contributed by atoms with Crippen molar-refractivity contribution in [2.45, 2.75) is 32.5 Å². The number of hydrogen-bond acceptors (Lipinski definition) is 2. The minimum atomic E-state index is -0.300. The van der Waals surface area contributed by atoms with Gasteiger partial charge in [0.05, 0.1) is 12.5 Å². The average molecular weight is 384 g/mol. The molecule has 0 fully saturated rings. The number of nitrogens with zero attached hydrogens (tertiary/aromatic N) is 1. The summed E-state index contributed by atoms with van der Waals surface area (Å²) in [5.74, 6) is -0.0785. The van der Waals surface area contributed by atoms with Crippen molar-refractivity contribution in [3.05, 3.63) is 107 Å². The first-order chi connectivity index (χ1) is 14.1. The van der Waals surface area contributed by atoms with Gasteiger partial charge in [-0.05, 0) is 29.7 Å². The molecule has 0 unspecified atom stereocenters. The fraction of sp³-hybridized carbons (Fsp3) is 0.200. The maximum absolute atomic E-state index is 13.0. The van der Waals surface area contributed by atoms with Crippen LogP contribution in [0.15, 0.2) is 78.9 Å².